The molecule has 0 radical (unpaired) electrons. The molecule has 5 rings (SSSR count). The van der Waals surface area contributed by atoms with E-state index in [4.69, 9.17) is 0 Å². The van der Waals surface area contributed by atoms with Crippen LogP contribution in [0, 0.1) is 6.92 Å². The minimum absolute atomic E-state index is 0.0498. The maximum absolute atomic E-state index is 13.4. The van der Waals surface area contributed by atoms with Gasteiger partial charge in [0.05, 0.1) is 16.4 Å². The van der Waals surface area contributed by atoms with Crippen molar-refractivity contribution in [2.24, 2.45) is 0 Å². The minimum Gasteiger partial charge on any atom is -0.343 e. The molecule has 0 spiro atoms. The lowest BCUT2D eigenvalue weighted by atomic mass is 10.0. The van der Waals surface area contributed by atoms with Crippen LogP contribution in [0.15, 0.2) is 54.4 Å². The summed E-state index contributed by atoms with van der Waals surface area (Å²) in [7, 11) is 0. The van der Waals surface area contributed by atoms with Gasteiger partial charge in [0.1, 0.15) is 18.7 Å². The van der Waals surface area contributed by atoms with Crippen molar-refractivity contribution in [2.75, 3.05) is 16.8 Å². The van der Waals surface area contributed by atoms with E-state index in [0.29, 0.717) is 11.6 Å². The van der Waals surface area contributed by atoms with Crippen molar-refractivity contribution in [3.8, 4) is 17.1 Å². The standard InChI is InChI=1S/C22H22N8OS/c1-15-25-18(12-32-15)16-6-2-3-7-17(16)26-22(31)19-8-4-5-11-29(19)20-9-10-21(28-27-20)30-14-23-13-24-30/h2-3,6-7,9-10,12-14,19H,4-5,8,11H2,1H3,(H,26,31). The number of nitrogens with one attached hydrogen (secondary N) is 1. The molecule has 9 nitrogen and oxygen atoms in total. The van der Waals surface area contributed by atoms with E-state index in [2.05, 4.69) is 30.6 Å². The summed E-state index contributed by atoms with van der Waals surface area (Å²) in [6.07, 6.45) is 5.78. The Labute approximate surface area is 189 Å². The molecule has 32 heavy (non-hydrogen) atoms. The normalized spacial score (nSPS) is 16.2. The highest BCUT2D eigenvalue weighted by Crippen LogP contribution is 2.30. The van der Waals surface area contributed by atoms with Crippen LogP contribution < -0.4 is 10.2 Å². The van der Waals surface area contributed by atoms with Gasteiger partial charge in [0.2, 0.25) is 5.91 Å². The van der Waals surface area contributed by atoms with Crippen molar-refractivity contribution in [3.05, 3.63) is 59.4 Å². The summed E-state index contributed by atoms with van der Waals surface area (Å²) in [5, 5.41) is 18.8. The first-order chi connectivity index (χ1) is 15.7. The first kappa shape index (κ1) is 20.3. The van der Waals surface area contributed by atoms with Gasteiger partial charge < -0.3 is 10.2 Å². The summed E-state index contributed by atoms with van der Waals surface area (Å²) in [6, 6.07) is 11.2. The van der Waals surface area contributed by atoms with Crippen molar-refractivity contribution in [3.63, 3.8) is 0 Å². The molecule has 10 heteroatoms. The van der Waals surface area contributed by atoms with E-state index in [1.807, 2.05) is 53.6 Å². The van der Waals surface area contributed by atoms with Gasteiger partial charge in [-0.1, -0.05) is 18.2 Å². The monoisotopic (exact) mass is 446 g/mol. The molecule has 0 aliphatic carbocycles. The van der Waals surface area contributed by atoms with Gasteiger partial charge in [-0.3, -0.25) is 4.79 Å². The second-order valence-corrected chi connectivity index (χ2v) is 8.64. The number of aryl methyl sites for hydroxylation is 1. The predicted octanol–water partition coefficient (Wildman–Crippen LogP) is 3.49. The quantitative estimate of drug-likeness (QED) is 0.501. The minimum atomic E-state index is -0.319. The average Bonchev–Trinajstić information content (AvgIpc) is 3.52. The molecule has 1 unspecified atom stereocenters. The maximum Gasteiger partial charge on any atom is 0.247 e. The number of hydrogen-bond acceptors (Lipinski definition) is 8. The highest BCUT2D eigenvalue weighted by Gasteiger charge is 2.30. The largest absolute Gasteiger partial charge is 0.343 e. The number of amides is 1. The van der Waals surface area contributed by atoms with E-state index in [1.165, 1.54) is 6.33 Å². The number of aromatic nitrogens is 6. The molecule has 1 aromatic carbocycles. The van der Waals surface area contributed by atoms with Crippen molar-refractivity contribution in [2.45, 2.75) is 32.2 Å². The lowest BCUT2D eigenvalue weighted by Crippen LogP contribution is -2.47. The molecule has 1 atom stereocenters. The molecule has 1 fully saturated rings. The molecule has 4 heterocycles. The Morgan fingerprint density at radius 3 is 2.72 bits per heavy atom. The van der Waals surface area contributed by atoms with Crippen molar-refractivity contribution < 1.29 is 4.79 Å². The Kier molecular flexibility index (Phi) is 5.59. The molecular weight excluding hydrogens is 424 g/mol. The zero-order valence-electron chi connectivity index (χ0n) is 17.5. The zero-order valence-corrected chi connectivity index (χ0v) is 18.4. The zero-order chi connectivity index (χ0) is 21.9. The third-order valence-electron chi connectivity index (χ3n) is 5.47. The number of anilines is 2. The predicted molar refractivity (Wildman–Crippen MR) is 123 cm³/mol. The van der Waals surface area contributed by atoms with Crippen LogP contribution in [0.1, 0.15) is 24.3 Å². The van der Waals surface area contributed by atoms with Crippen LogP contribution in [0.4, 0.5) is 11.5 Å². The van der Waals surface area contributed by atoms with Crippen LogP contribution in [0.25, 0.3) is 17.1 Å². The number of para-hydroxylation sites is 1. The number of thiazole rings is 1. The first-order valence-electron chi connectivity index (χ1n) is 10.5. The topological polar surface area (TPSA) is 102 Å². The van der Waals surface area contributed by atoms with E-state index in [0.717, 1.165) is 47.8 Å². The maximum atomic E-state index is 13.4. The van der Waals surface area contributed by atoms with Gasteiger partial charge in [0.15, 0.2) is 11.6 Å². The second-order valence-electron chi connectivity index (χ2n) is 7.58. The number of piperidine rings is 1. The first-order valence-corrected chi connectivity index (χ1v) is 11.3. The highest BCUT2D eigenvalue weighted by molar-refractivity contribution is 7.09. The van der Waals surface area contributed by atoms with Gasteiger partial charge in [0, 0.05) is 17.5 Å². The summed E-state index contributed by atoms with van der Waals surface area (Å²) in [5.74, 6) is 1.21. The van der Waals surface area contributed by atoms with Gasteiger partial charge >= 0.3 is 0 Å². The molecule has 1 N–H and O–H groups in total. The number of carbonyl (C=O) groups is 1. The van der Waals surface area contributed by atoms with E-state index in [-0.39, 0.29) is 11.9 Å². The Balaban J connectivity index is 1.37. The lowest BCUT2D eigenvalue weighted by Gasteiger charge is -2.35. The third-order valence-corrected chi connectivity index (χ3v) is 6.24. The number of nitrogens with zero attached hydrogens (tertiary/aromatic N) is 7. The Morgan fingerprint density at radius 1 is 1.12 bits per heavy atom. The van der Waals surface area contributed by atoms with Crippen LogP contribution in [-0.4, -0.2) is 48.4 Å². The molecule has 4 aromatic rings. The smallest absolute Gasteiger partial charge is 0.247 e. The number of hydrogen-bond donors (Lipinski definition) is 1. The van der Waals surface area contributed by atoms with Crippen molar-refractivity contribution in [1.82, 2.24) is 29.9 Å². The van der Waals surface area contributed by atoms with E-state index in [1.54, 1.807) is 22.3 Å². The SMILES string of the molecule is Cc1nc(-c2ccccc2NC(=O)C2CCCCN2c2ccc(-n3cncn3)nn2)cs1. The third kappa shape index (κ3) is 4.09. The van der Waals surface area contributed by atoms with Gasteiger partial charge in [-0.15, -0.1) is 21.5 Å². The average molecular weight is 447 g/mol. The summed E-state index contributed by atoms with van der Waals surface area (Å²) < 4.78 is 1.55. The lowest BCUT2D eigenvalue weighted by molar-refractivity contribution is -0.117. The Bertz CT molecular complexity index is 1200. The Morgan fingerprint density at radius 2 is 1.97 bits per heavy atom. The summed E-state index contributed by atoms with van der Waals surface area (Å²) >= 11 is 1.60. The van der Waals surface area contributed by atoms with E-state index in [9.17, 15) is 4.79 Å². The summed E-state index contributed by atoms with van der Waals surface area (Å²) in [5.41, 5.74) is 2.56. The molecular formula is C22H22N8OS. The molecule has 1 amide bonds. The van der Waals surface area contributed by atoms with Gasteiger partial charge in [-0.25, -0.2) is 14.6 Å². The van der Waals surface area contributed by atoms with Crippen LogP contribution in [-0.2, 0) is 4.79 Å². The molecule has 0 saturated carbocycles. The second kappa shape index (κ2) is 8.83. The van der Waals surface area contributed by atoms with Crippen molar-refractivity contribution in [1.29, 1.82) is 0 Å². The highest BCUT2D eigenvalue weighted by atomic mass is 32.1. The number of rotatable bonds is 5. The van der Waals surface area contributed by atoms with Crippen LogP contribution in [0.3, 0.4) is 0 Å². The molecule has 162 valence electrons. The number of benzene rings is 1. The Hall–Kier alpha value is -3.66. The van der Waals surface area contributed by atoms with Gasteiger partial charge in [-0.05, 0) is 44.4 Å². The van der Waals surface area contributed by atoms with Crippen LogP contribution in [0.5, 0.6) is 0 Å². The van der Waals surface area contributed by atoms with E-state index < -0.39 is 0 Å². The molecule has 3 aromatic heterocycles. The van der Waals surface area contributed by atoms with Gasteiger partial charge in [0.25, 0.3) is 0 Å². The fourth-order valence-electron chi connectivity index (χ4n) is 3.92. The number of carbonyl (C=O) groups excluding carboxylic acids is 1. The van der Waals surface area contributed by atoms with Crippen LogP contribution >= 0.6 is 11.3 Å². The van der Waals surface area contributed by atoms with Crippen LogP contribution in [0.2, 0.25) is 0 Å². The van der Waals surface area contributed by atoms with E-state index >= 15 is 0 Å². The van der Waals surface area contributed by atoms with Gasteiger partial charge in [-0.2, -0.15) is 5.10 Å². The summed E-state index contributed by atoms with van der Waals surface area (Å²) in [4.78, 5) is 23.9. The molecule has 1 saturated heterocycles. The fourth-order valence-corrected chi connectivity index (χ4v) is 4.53. The summed E-state index contributed by atoms with van der Waals surface area (Å²) in [6.45, 7) is 2.73. The molecule has 1 aliphatic heterocycles. The fraction of sp³-hybridized carbons (Fsp3) is 0.273. The molecule has 0 bridgehead atoms. The molecule has 1 aliphatic rings. The van der Waals surface area contributed by atoms with Crippen molar-refractivity contribution >= 4 is 28.7 Å².